The van der Waals surface area contributed by atoms with Crippen LogP contribution in [0.2, 0.25) is 0 Å². The number of likely N-dealkylation sites (tertiary alicyclic amines) is 2. The molecule has 2 aliphatic rings. The second-order valence-corrected chi connectivity index (χ2v) is 8.26. The van der Waals surface area contributed by atoms with Crippen molar-refractivity contribution < 1.29 is 18.0 Å². The highest BCUT2D eigenvalue weighted by molar-refractivity contribution is 5.78. The van der Waals surface area contributed by atoms with Crippen LogP contribution in [0.5, 0.6) is 0 Å². The fourth-order valence-electron chi connectivity index (χ4n) is 4.46. The van der Waals surface area contributed by atoms with Crippen LogP contribution < -0.4 is 5.73 Å². The van der Waals surface area contributed by atoms with E-state index in [-0.39, 0.29) is 17.8 Å². The summed E-state index contributed by atoms with van der Waals surface area (Å²) in [6.45, 7) is 3.54. The first kappa shape index (κ1) is 21.5. The van der Waals surface area contributed by atoms with Gasteiger partial charge in [-0.25, -0.2) is 9.97 Å². The van der Waals surface area contributed by atoms with Crippen LogP contribution >= 0.6 is 0 Å². The molecule has 1 atom stereocenters. The minimum absolute atomic E-state index is 0.0303. The number of nitrogens with two attached hydrogens (primary N) is 1. The number of amides is 1. The van der Waals surface area contributed by atoms with E-state index < -0.39 is 11.7 Å². The highest BCUT2D eigenvalue weighted by Crippen LogP contribution is 2.35. The van der Waals surface area contributed by atoms with E-state index in [4.69, 9.17) is 5.73 Å². The van der Waals surface area contributed by atoms with Crippen LogP contribution in [-0.4, -0.2) is 58.4 Å². The van der Waals surface area contributed by atoms with Gasteiger partial charge in [0.2, 0.25) is 11.9 Å². The van der Waals surface area contributed by atoms with Crippen molar-refractivity contribution in [2.45, 2.75) is 37.8 Å². The van der Waals surface area contributed by atoms with Crippen molar-refractivity contribution in [1.29, 1.82) is 0 Å². The lowest BCUT2D eigenvalue weighted by molar-refractivity contribution is -0.137. The molecule has 2 N–H and O–H groups in total. The molecule has 0 aliphatic carbocycles. The second kappa shape index (κ2) is 8.82. The smallest absolute Gasteiger partial charge is 0.368 e. The quantitative estimate of drug-likeness (QED) is 0.798. The number of hydrogen-bond acceptors (Lipinski definition) is 5. The SMILES string of the molecule is Nc1ncc(-c2ccc(C(F)(F)F)cc2)c([C@@H]2CCCN(CC(=O)N3CCCC3)C2)n1. The Balaban J connectivity index is 1.54. The van der Waals surface area contributed by atoms with Crippen molar-refractivity contribution in [3.63, 3.8) is 0 Å². The summed E-state index contributed by atoms with van der Waals surface area (Å²) in [5.41, 5.74) is 7.18. The van der Waals surface area contributed by atoms with Crippen LogP contribution in [0.4, 0.5) is 19.1 Å². The summed E-state index contributed by atoms with van der Waals surface area (Å²) < 4.78 is 38.8. The molecule has 1 aromatic heterocycles. The summed E-state index contributed by atoms with van der Waals surface area (Å²) in [6.07, 6.45) is 1.10. The molecule has 3 heterocycles. The largest absolute Gasteiger partial charge is 0.416 e. The maximum atomic E-state index is 12.9. The highest BCUT2D eigenvalue weighted by atomic mass is 19.4. The van der Waals surface area contributed by atoms with Gasteiger partial charge in [-0.05, 0) is 49.9 Å². The van der Waals surface area contributed by atoms with Crippen molar-refractivity contribution in [2.75, 3.05) is 38.5 Å². The van der Waals surface area contributed by atoms with E-state index in [1.165, 1.54) is 12.1 Å². The Morgan fingerprint density at radius 1 is 1.10 bits per heavy atom. The molecule has 2 fully saturated rings. The molecule has 4 rings (SSSR count). The summed E-state index contributed by atoms with van der Waals surface area (Å²) in [4.78, 5) is 25.1. The predicted molar refractivity (Wildman–Crippen MR) is 111 cm³/mol. The molecule has 1 amide bonds. The topological polar surface area (TPSA) is 75.3 Å². The molecule has 2 aliphatic heterocycles. The molecule has 0 unspecified atom stereocenters. The monoisotopic (exact) mass is 433 g/mol. The maximum Gasteiger partial charge on any atom is 0.416 e. The number of benzene rings is 1. The Morgan fingerprint density at radius 2 is 1.81 bits per heavy atom. The average molecular weight is 433 g/mol. The number of nitrogens with zero attached hydrogens (tertiary/aromatic N) is 4. The van der Waals surface area contributed by atoms with Gasteiger partial charge in [0.15, 0.2) is 0 Å². The highest BCUT2D eigenvalue weighted by Gasteiger charge is 2.31. The summed E-state index contributed by atoms with van der Waals surface area (Å²) in [7, 11) is 0. The lowest BCUT2D eigenvalue weighted by Crippen LogP contribution is -2.43. The van der Waals surface area contributed by atoms with Gasteiger partial charge in [0, 0.05) is 37.3 Å². The molecular weight excluding hydrogens is 407 g/mol. The molecule has 1 aromatic carbocycles. The van der Waals surface area contributed by atoms with Gasteiger partial charge in [-0.1, -0.05) is 12.1 Å². The zero-order chi connectivity index (χ0) is 22.0. The molecule has 9 heteroatoms. The fraction of sp³-hybridized carbons (Fsp3) is 0.500. The van der Waals surface area contributed by atoms with Crippen LogP contribution in [0.1, 0.15) is 42.9 Å². The molecule has 0 radical (unpaired) electrons. The van der Waals surface area contributed by atoms with Crippen LogP contribution in [-0.2, 0) is 11.0 Å². The molecule has 31 heavy (non-hydrogen) atoms. The Morgan fingerprint density at radius 3 is 2.48 bits per heavy atom. The first-order valence-corrected chi connectivity index (χ1v) is 10.6. The average Bonchev–Trinajstić information content (AvgIpc) is 3.29. The number of alkyl halides is 3. The molecule has 6 nitrogen and oxygen atoms in total. The molecule has 166 valence electrons. The Kier molecular flexibility index (Phi) is 6.13. The third-order valence-electron chi connectivity index (χ3n) is 6.07. The van der Waals surface area contributed by atoms with Gasteiger partial charge in [0.25, 0.3) is 0 Å². The number of nitrogen functional groups attached to an aromatic ring is 1. The van der Waals surface area contributed by atoms with Gasteiger partial charge >= 0.3 is 6.18 Å². The van der Waals surface area contributed by atoms with Gasteiger partial charge in [0.1, 0.15) is 0 Å². The summed E-state index contributed by atoms with van der Waals surface area (Å²) in [6, 6.07) is 5.02. The first-order valence-electron chi connectivity index (χ1n) is 10.6. The summed E-state index contributed by atoms with van der Waals surface area (Å²) >= 11 is 0. The fourth-order valence-corrected chi connectivity index (χ4v) is 4.46. The molecular formula is C22H26F3N5O. The number of anilines is 1. The van der Waals surface area contributed by atoms with E-state index in [0.717, 1.165) is 63.1 Å². The van der Waals surface area contributed by atoms with E-state index in [9.17, 15) is 18.0 Å². The van der Waals surface area contributed by atoms with Gasteiger partial charge in [0.05, 0.1) is 17.8 Å². The zero-order valence-corrected chi connectivity index (χ0v) is 17.2. The molecule has 2 saturated heterocycles. The number of hydrogen-bond donors (Lipinski definition) is 1. The Bertz CT molecular complexity index is 926. The predicted octanol–water partition coefficient (Wildman–Crippen LogP) is 3.55. The maximum absolute atomic E-state index is 12.9. The van der Waals surface area contributed by atoms with Gasteiger partial charge in [-0.15, -0.1) is 0 Å². The minimum Gasteiger partial charge on any atom is -0.368 e. The van der Waals surface area contributed by atoms with Crippen molar-refractivity contribution in [1.82, 2.24) is 19.8 Å². The molecule has 0 saturated carbocycles. The number of piperidine rings is 1. The van der Waals surface area contributed by atoms with Gasteiger partial charge < -0.3 is 10.6 Å². The number of carbonyl (C=O) groups excluding carboxylic acids is 1. The zero-order valence-electron chi connectivity index (χ0n) is 17.2. The number of aromatic nitrogens is 2. The first-order chi connectivity index (χ1) is 14.8. The Hall–Kier alpha value is -2.68. The molecule has 2 aromatic rings. The van der Waals surface area contributed by atoms with E-state index in [1.807, 2.05) is 4.90 Å². The number of halogens is 3. The van der Waals surface area contributed by atoms with Gasteiger partial charge in [-0.2, -0.15) is 13.2 Å². The van der Waals surface area contributed by atoms with E-state index in [0.29, 0.717) is 24.2 Å². The standard InChI is InChI=1S/C22H26F3N5O/c23-22(24,25)17-7-5-15(6-8-17)18-12-27-21(26)28-20(18)16-4-3-9-29(13-16)14-19(31)30-10-1-2-11-30/h5-8,12,16H,1-4,9-11,13-14H2,(H2,26,27,28)/t16-/m1/s1. The Labute approximate surface area is 179 Å². The van der Waals surface area contributed by atoms with Crippen LogP contribution in [0.25, 0.3) is 11.1 Å². The van der Waals surface area contributed by atoms with Crippen molar-refractivity contribution in [3.05, 3.63) is 41.7 Å². The number of rotatable bonds is 4. The van der Waals surface area contributed by atoms with E-state index >= 15 is 0 Å². The van der Waals surface area contributed by atoms with E-state index in [1.54, 1.807) is 6.20 Å². The minimum atomic E-state index is -4.38. The number of carbonyl (C=O) groups is 1. The van der Waals surface area contributed by atoms with Crippen LogP contribution in [0, 0.1) is 0 Å². The lowest BCUT2D eigenvalue weighted by atomic mass is 9.89. The van der Waals surface area contributed by atoms with Crippen LogP contribution in [0.15, 0.2) is 30.5 Å². The summed E-state index contributed by atoms with van der Waals surface area (Å²) in [5, 5.41) is 0. The third-order valence-corrected chi connectivity index (χ3v) is 6.07. The molecule has 0 bridgehead atoms. The lowest BCUT2D eigenvalue weighted by Gasteiger charge is -2.33. The van der Waals surface area contributed by atoms with Gasteiger partial charge in [-0.3, -0.25) is 9.69 Å². The third kappa shape index (κ3) is 4.98. The molecule has 0 spiro atoms. The van der Waals surface area contributed by atoms with Crippen LogP contribution in [0.3, 0.4) is 0 Å². The van der Waals surface area contributed by atoms with Crippen molar-refractivity contribution >= 4 is 11.9 Å². The van der Waals surface area contributed by atoms with Crippen molar-refractivity contribution in [2.24, 2.45) is 0 Å². The summed E-state index contributed by atoms with van der Waals surface area (Å²) in [5.74, 6) is 0.321. The second-order valence-electron chi connectivity index (χ2n) is 8.26. The normalized spacial score (nSPS) is 20.2. The van der Waals surface area contributed by atoms with E-state index in [2.05, 4.69) is 14.9 Å². The van der Waals surface area contributed by atoms with Crippen molar-refractivity contribution in [3.8, 4) is 11.1 Å².